The van der Waals surface area contributed by atoms with Gasteiger partial charge in [-0.15, -0.1) is 0 Å². The van der Waals surface area contributed by atoms with Crippen LogP contribution < -0.4 is 10.1 Å². The molecule has 0 bridgehead atoms. The van der Waals surface area contributed by atoms with Gasteiger partial charge in [0, 0.05) is 56.5 Å². The zero-order valence-electron chi connectivity index (χ0n) is 21.8. The van der Waals surface area contributed by atoms with E-state index in [4.69, 9.17) is 9.72 Å². The highest BCUT2D eigenvalue weighted by atomic mass is 16.5. The van der Waals surface area contributed by atoms with Crippen molar-refractivity contribution in [2.45, 2.75) is 32.2 Å². The summed E-state index contributed by atoms with van der Waals surface area (Å²) in [6.45, 7) is 4.98. The van der Waals surface area contributed by atoms with Crippen LogP contribution in [0.25, 0.3) is 22.3 Å². The number of pyridine rings is 1. The summed E-state index contributed by atoms with van der Waals surface area (Å²) in [7, 11) is 0. The van der Waals surface area contributed by atoms with Crippen LogP contribution in [0.5, 0.6) is 5.88 Å². The molecular weight excluding hydrogens is 492 g/mol. The molecule has 3 aliphatic rings. The van der Waals surface area contributed by atoms with Crippen molar-refractivity contribution in [3.63, 3.8) is 0 Å². The van der Waals surface area contributed by atoms with E-state index in [1.165, 1.54) is 18.4 Å². The Bertz CT molecular complexity index is 1490. The number of hydrogen-bond acceptors (Lipinski definition) is 8. The molecule has 39 heavy (non-hydrogen) atoms. The smallest absolute Gasteiger partial charge is 0.225 e. The predicted octanol–water partition coefficient (Wildman–Crippen LogP) is 4.00. The fraction of sp³-hybridized carbons (Fsp3) is 0.414. The molecule has 2 aliphatic carbocycles. The number of hydrogen-bond donors (Lipinski definition) is 2. The highest BCUT2D eigenvalue weighted by Gasteiger charge is 2.34. The molecule has 0 unspecified atom stereocenters. The van der Waals surface area contributed by atoms with Crippen molar-refractivity contribution in [2.24, 2.45) is 11.8 Å². The van der Waals surface area contributed by atoms with E-state index in [0.29, 0.717) is 29.6 Å². The van der Waals surface area contributed by atoms with Gasteiger partial charge >= 0.3 is 0 Å². The van der Waals surface area contributed by atoms with Crippen molar-refractivity contribution in [3.8, 4) is 17.1 Å². The maximum atomic E-state index is 12.3. The maximum absolute atomic E-state index is 12.3. The molecule has 7 rings (SSSR count). The van der Waals surface area contributed by atoms with Gasteiger partial charge in [0.25, 0.3) is 0 Å². The molecule has 2 N–H and O–H groups in total. The number of imidazole rings is 1. The van der Waals surface area contributed by atoms with Crippen LogP contribution in [0.4, 0.5) is 11.8 Å². The largest absolute Gasteiger partial charge is 0.477 e. The summed E-state index contributed by atoms with van der Waals surface area (Å²) in [5.74, 6) is 3.30. The summed E-state index contributed by atoms with van der Waals surface area (Å²) < 4.78 is 5.83. The van der Waals surface area contributed by atoms with Gasteiger partial charge in [0.15, 0.2) is 0 Å². The summed E-state index contributed by atoms with van der Waals surface area (Å²) in [5, 5.41) is 3.32. The minimum absolute atomic E-state index is 0.298. The molecule has 10 heteroatoms. The molecule has 200 valence electrons. The number of nitrogens with one attached hydrogen (secondary N) is 2. The number of anilines is 2. The monoisotopic (exact) mass is 524 g/mol. The lowest BCUT2D eigenvalue weighted by Crippen LogP contribution is -2.48. The van der Waals surface area contributed by atoms with E-state index in [9.17, 15) is 4.79 Å². The van der Waals surface area contributed by atoms with Gasteiger partial charge in [-0.25, -0.2) is 19.9 Å². The molecule has 1 aromatic carbocycles. The van der Waals surface area contributed by atoms with Gasteiger partial charge in [0.1, 0.15) is 12.1 Å². The van der Waals surface area contributed by atoms with Crippen LogP contribution in [-0.4, -0.2) is 73.4 Å². The number of carbonyl (C=O) groups excluding carboxylic acids is 1. The minimum atomic E-state index is 0.298. The molecule has 0 radical (unpaired) electrons. The predicted molar refractivity (Wildman–Crippen MR) is 147 cm³/mol. The number of piperazine rings is 1. The van der Waals surface area contributed by atoms with Gasteiger partial charge in [-0.05, 0) is 61.4 Å². The number of aromatic nitrogens is 5. The zero-order valence-corrected chi connectivity index (χ0v) is 21.8. The van der Waals surface area contributed by atoms with Gasteiger partial charge in [0.05, 0.1) is 23.3 Å². The van der Waals surface area contributed by atoms with E-state index >= 15 is 0 Å². The summed E-state index contributed by atoms with van der Waals surface area (Å²) >= 11 is 0. The van der Waals surface area contributed by atoms with E-state index in [-0.39, 0.29) is 0 Å². The summed E-state index contributed by atoms with van der Waals surface area (Å²) in [4.78, 5) is 38.0. The normalized spacial score (nSPS) is 17.9. The SMILES string of the molecule is O=C(C1CC1)N1CCN(Cc2ccnc(Nc3nc4ccc(-c5cc(OCC6CC6)ncn5)cc4[nH]3)c2)CC1. The summed E-state index contributed by atoms with van der Waals surface area (Å²) in [5.41, 5.74) is 4.72. The highest BCUT2D eigenvalue weighted by Crippen LogP contribution is 2.32. The van der Waals surface area contributed by atoms with Gasteiger partial charge in [0.2, 0.25) is 17.7 Å². The lowest BCUT2D eigenvalue weighted by molar-refractivity contribution is -0.134. The number of ether oxygens (including phenoxy) is 1. The van der Waals surface area contributed by atoms with Crippen molar-refractivity contribution >= 4 is 28.7 Å². The van der Waals surface area contributed by atoms with Crippen molar-refractivity contribution in [2.75, 3.05) is 38.1 Å². The van der Waals surface area contributed by atoms with Gasteiger partial charge in [-0.2, -0.15) is 0 Å². The quantitative estimate of drug-likeness (QED) is 0.338. The standard InChI is InChI=1S/C29H32N8O2/c38-28(21-3-4-21)37-11-9-36(10-12-37)16-20-7-8-30-26(13-20)35-29-33-23-6-5-22(14-25(23)34-29)24-15-27(32-18-31-24)39-17-19-1-2-19/h5-8,13-15,18-19,21H,1-4,9-12,16-17H2,(H2,30,33,34,35). The third-order valence-electron chi connectivity index (χ3n) is 7.67. The van der Waals surface area contributed by atoms with E-state index in [1.54, 1.807) is 6.33 Å². The van der Waals surface area contributed by atoms with E-state index in [2.05, 4.69) is 36.2 Å². The van der Waals surface area contributed by atoms with Crippen molar-refractivity contribution in [1.82, 2.24) is 34.7 Å². The number of benzene rings is 1. The molecule has 1 amide bonds. The lowest BCUT2D eigenvalue weighted by atomic mass is 10.1. The molecule has 3 aromatic heterocycles. The zero-order chi connectivity index (χ0) is 26.2. The number of amides is 1. The second-order valence-electron chi connectivity index (χ2n) is 10.9. The molecule has 2 saturated carbocycles. The molecule has 4 aromatic rings. The van der Waals surface area contributed by atoms with Gasteiger partial charge in [-0.3, -0.25) is 9.69 Å². The van der Waals surface area contributed by atoms with Crippen LogP contribution in [0, 0.1) is 11.8 Å². The molecule has 0 atom stereocenters. The molecule has 1 saturated heterocycles. The number of rotatable bonds is 9. The van der Waals surface area contributed by atoms with Crippen molar-refractivity contribution in [1.29, 1.82) is 0 Å². The Morgan fingerprint density at radius 3 is 2.69 bits per heavy atom. The number of carbonyl (C=O) groups is 1. The number of H-pyrrole nitrogens is 1. The Kier molecular flexibility index (Phi) is 6.32. The highest BCUT2D eigenvalue weighted by molar-refractivity contribution is 5.83. The first-order chi connectivity index (χ1) is 19.2. The molecule has 10 nitrogen and oxygen atoms in total. The topological polar surface area (TPSA) is 112 Å². The Morgan fingerprint density at radius 2 is 1.87 bits per heavy atom. The number of fused-ring (bicyclic) bond motifs is 1. The van der Waals surface area contributed by atoms with Crippen LogP contribution in [0.2, 0.25) is 0 Å². The third kappa shape index (κ3) is 5.70. The van der Waals surface area contributed by atoms with Crippen LogP contribution in [0.3, 0.4) is 0 Å². The van der Waals surface area contributed by atoms with E-state index < -0.39 is 0 Å². The minimum Gasteiger partial charge on any atom is -0.477 e. The van der Waals surface area contributed by atoms with Gasteiger partial charge in [-0.1, -0.05) is 6.07 Å². The molecule has 4 heterocycles. The summed E-state index contributed by atoms with van der Waals surface area (Å²) in [6.07, 6.45) is 7.99. The Morgan fingerprint density at radius 1 is 1.00 bits per heavy atom. The lowest BCUT2D eigenvalue weighted by Gasteiger charge is -2.34. The number of aromatic amines is 1. The average molecular weight is 525 g/mol. The molecule has 3 fully saturated rings. The maximum Gasteiger partial charge on any atom is 0.225 e. The van der Waals surface area contributed by atoms with Crippen molar-refractivity contribution in [3.05, 3.63) is 54.5 Å². The fourth-order valence-electron chi connectivity index (χ4n) is 5.03. The molecule has 1 aliphatic heterocycles. The second kappa shape index (κ2) is 10.3. The van der Waals surface area contributed by atoms with Gasteiger partial charge < -0.3 is 19.9 Å². The van der Waals surface area contributed by atoms with E-state index in [1.807, 2.05) is 41.4 Å². The van der Waals surface area contributed by atoms with Crippen molar-refractivity contribution < 1.29 is 9.53 Å². The second-order valence-corrected chi connectivity index (χ2v) is 10.9. The Balaban J connectivity index is 0.995. The first-order valence-corrected chi connectivity index (χ1v) is 13.8. The number of nitrogens with zero attached hydrogens (tertiary/aromatic N) is 6. The average Bonchev–Trinajstić information content (AvgIpc) is 3.90. The first-order valence-electron chi connectivity index (χ1n) is 13.8. The fourth-order valence-corrected chi connectivity index (χ4v) is 5.03. The van der Waals surface area contributed by atoms with Crippen LogP contribution in [-0.2, 0) is 11.3 Å². The third-order valence-corrected chi connectivity index (χ3v) is 7.67. The van der Waals surface area contributed by atoms with Crippen LogP contribution in [0.1, 0.15) is 31.2 Å². The van der Waals surface area contributed by atoms with Crippen LogP contribution >= 0.6 is 0 Å². The Labute approximate surface area is 226 Å². The summed E-state index contributed by atoms with van der Waals surface area (Å²) in [6, 6.07) is 12.0. The van der Waals surface area contributed by atoms with Crippen LogP contribution in [0.15, 0.2) is 48.9 Å². The first kappa shape index (κ1) is 24.0. The molecule has 0 spiro atoms. The Hall–Kier alpha value is -4.05. The van der Waals surface area contributed by atoms with E-state index in [0.717, 1.165) is 80.3 Å². The molecular formula is C29H32N8O2.